The summed E-state index contributed by atoms with van der Waals surface area (Å²) in [5, 5.41) is 0. The van der Waals surface area contributed by atoms with E-state index in [4.69, 9.17) is 5.73 Å². The van der Waals surface area contributed by atoms with Crippen molar-refractivity contribution in [3.8, 4) is 0 Å². The molecule has 0 saturated heterocycles. The summed E-state index contributed by atoms with van der Waals surface area (Å²) in [5.74, 6) is 0.709. The van der Waals surface area contributed by atoms with Crippen molar-refractivity contribution in [1.29, 1.82) is 0 Å². The summed E-state index contributed by atoms with van der Waals surface area (Å²) in [4.78, 5) is 14.1. The van der Waals surface area contributed by atoms with Crippen LogP contribution in [-0.4, -0.2) is 23.9 Å². The van der Waals surface area contributed by atoms with Crippen LogP contribution >= 0.6 is 0 Å². The summed E-state index contributed by atoms with van der Waals surface area (Å²) < 4.78 is 0. The third-order valence-corrected chi connectivity index (χ3v) is 2.93. The molecule has 1 rings (SSSR count). The monoisotopic (exact) mass is 248 g/mol. The van der Waals surface area contributed by atoms with E-state index in [0.29, 0.717) is 18.9 Å². The van der Waals surface area contributed by atoms with Gasteiger partial charge in [-0.1, -0.05) is 38.1 Å². The quantitative estimate of drug-likeness (QED) is 0.839. The van der Waals surface area contributed by atoms with E-state index in [-0.39, 0.29) is 5.91 Å². The zero-order valence-electron chi connectivity index (χ0n) is 11.6. The molecule has 3 nitrogen and oxygen atoms in total. The molecule has 0 atom stereocenters. The molecule has 18 heavy (non-hydrogen) atoms. The number of carbonyl (C=O) groups excluding carboxylic acids is 1. The average molecular weight is 248 g/mol. The topological polar surface area (TPSA) is 46.3 Å². The van der Waals surface area contributed by atoms with Gasteiger partial charge >= 0.3 is 0 Å². The van der Waals surface area contributed by atoms with Crippen molar-refractivity contribution >= 4 is 5.91 Å². The number of amides is 1. The van der Waals surface area contributed by atoms with Crippen molar-refractivity contribution in [3.05, 3.63) is 35.4 Å². The molecule has 0 radical (unpaired) electrons. The molecular formula is C15H24N2O. The van der Waals surface area contributed by atoms with E-state index < -0.39 is 0 Å². The van der Waals surface area contributed by atoms with Crippen molar-refractivity contribution in [3.63, 3.8) is 0 Å². The lowest BCUT2D eigenvalue weighted by atomic mass is 10.1. The highest BCUT2D eigenvalue weighted by molar-refractivity contribution is 5.78. The third kappa shape index (κ3) is 4.49. The van der Waals surface area contributed by atoms with Gasteiger partial charge in [-0.25, -0.2) is 0 Å². The number of hydrogen-bond acceptors (Lipinski definition) is 2. The molecule has 0 heterocycles. The predicted octanol–water partition coefficient (Wildman–Crippen LogP) is 2.19. The van der Waals surface area contributed by atoms with Gasteiger partial charge in [-0.2, -0.15) is 0 Å². The number of nitrogens with zero attached hydrogens (tertiary/aromatic N) is 1. The molecule has 1 amide bonds. The summed E-state index contributed by atoms with van der Waals surface area (Å²) in [7, 11) is 0. The molecule has 1 aromatic carbocycles. The molecule has 0 spiro atoms. The van der Waals surface area contributed by atoms with Gasteiger partial charge in [-0.05, 0) is 24.0 Å². The van der Waals surface area contributed by atoms with Gasteiger partial charge in [0.25, 0.3) is 0 Å². The third-order valence-electron chi connectivity index (χ3n) is 2.93. The lowest BCUT2D eigenvalue weighted by Crippen LogP contribution is -2.35. The molecule has 0 saturated carbocycles. The Morgan fingerprint density at radius 1 is 1.22 bits per heavy atom. The highest BCUT2D eigenvalue weighted by Gasteiger charge is 2.13. The molecule has 0 bridgehead atoms. The van der Waals surface area contributed by atoms with Gasteiger partial charge in [0.15, 0.2) is 0 Å². The summed E-state index contributed by atoms with van der Waals surface area (Å²) in [6.45, 7) is 8.44. The van der Waals surface area contributed by atoms with Crippen molar-refractivity contribution in [2.45, 2.75) is 33.7 Å². The minimum absolute atomic E-state index is 0.201. The van der Waals surface area contributed by atoms with Crippen LogP contribution in [0.4, 0.5) is 0 Å². The minimum Gasteiger partial charge on any atom is -0.342 e. The van der Waals surface area contributed by atoms with Crippen LogP contribution in [-0.2, 0) is 17.8 Å². The van der Waals surface area contributed by atoms with Gasteiger partial charge in [0, 0.05) is 19.6 Å². The maximum atomic E-state index is 12.1. The molecule has 0 unspecified atom stereocenters. The average Bonchev–Trinajstić information content (AvgIpc) is 2.36. The van der Waals surface area contributed by atoms with Crippen molar-refractivity contribution in [2.75, 3.05) is 13.1 Å². The predicted molar refractivity (Wildman–Crippen MR) is 75.1 cm³/mol. The van der Waals surface area contributed by atoms with Crippen molar-refractivity contribution < 1.29 is 4.79 Å². The van der Waals surface area contributed by atoms with Gasteiger partial charge in [-0.15, -0.1) is 0 Å². The van der Waals surface area contributed by atoms with Crippen LogP contribution in [0.3, 0.4) is 0 Å². The molecule has 0 aliphatic heterocycles. The van der Waals surface area contributed by atoms with E-state index in [2.05, 4.69) is 13.8 Å². The number of carbonyl (C=O) groups is 1. The fraction of sp³-hybridized carbons (Fsp3) is 0.533. The van der Waals surface area contributed by atoms with Crippen LogP contribution < -0.4 is 5.73 Å². The van der Waals surface area contributed by atoms with Crippen LogP contribution in [0.25, 0.3) is 0 Å². The van der Waals surface area contributed by atoms with Crippen molar-refractivity contribution in [1.82, 2.24) is 4.90 Å². The van der Waals surface area contributed by atoms with Crippen LogP contribution in [0.15, 0.2) is 24.3 Å². The lowest BCUT2D eigenvalue weighted by Gasteiger charge is -2.23. The Hall–Kier alpha value is -1.35. The van der Waals surface area contributed by atoms with Gasteiger partial charge in [0.05, 0.1) is 6.42 Å². The maximum Gasteiger partial charge on any atom is 0.226 e. The molecule has 0 aliphatic rings. The summed E-state index contributed by atoms with van der Waals surface area (Å²) >= 11 is 0. The fourth-order valence-electron chi connectivity index (χ4n) is 1.93. The van der Waals surface area contributed by atoms with Crippen LogP contribution in [0.5, 0.6) is 0 Å². The molecule has 100 valence electrons. The second-order valence-corrected chi connectivity index (χ2v) is 5.02. The first-order valence-corrected chi connectivity index (χ1v) is 6.62. The van der Waals surface area contributed by atoms with E-state index in [9.17, 15) is 4.79 Å². The Morgan fingerprint density at radius 2 is 1.78 bits per heavy atom. The number of hydrogen-bond donors (Lipinski definition) is 1. The van der Waals surface area contributed by atoms with Gasteiger partial charge in [0.1, 0.15) is 0 Å². The molecule has 0 aliphatic carbocycles. The number of rotatable bonds is 6. The Kier molecular flexibility index (Phi) is 5.86. The Labute approximate surface area is 110 Å². The lowest BCUT2D eigenvalue weighted by molar-refractivity contribution is -0.130. The van der Waals surface area contributed by atoms with E-state index in [1.54, 1.807) is 0 Å². The summed E-state index contributed by atoms with van der Waals surface area (Å²) in [6.07, 6.45) is 0.478. The number of nitrogens with two attached hydrogens (primary N) is 1. The SMILES string of the molecule is CCN(CC(C)C)C(=O)Cc1ccc(CN)cc1. The van der Waals surface area contributed by atoms with Gasteiger partial charge < -0.3 is 10.6 Å². The van der Waals surface area contributed by atoms with Crippen LogP contribution in [0.1, 0.15) is 31.9 Å². The Morgan fingerprint density at radius 3 is 2.22 bits per heavy atom. The molecule has 2 N–H and O–H groups in total. The second-order valence-electron chi connectivity index (χ2n) is 5.02. The van der Waals surface area contributed by atoms with Crippen LogP contribution in [0, 0.1) is 5.92 Å². The van der Waals surface area contributed by atoms with E-state index in [0.717, 1.165) is 24.2 Å². The highest BCUT2D eigenvalue weighted by atomic mass is 16.2. The first kappa shape index (κ1) is 14.7. The Balaban J connectivity index is 2.61. The standard InChI is InChI=1S/C15H24N2O/c1-4-17(11-12(2)3)15(18)9-13-5-7-14(10-16)8-6-13/h5-8,12H,4,9-11,16H2,1-3H3. The molecule has 1 aromatic rings. The second kappa shape index (κ2) is 7.17. The number of benzene rings is 1. The normalized spacial score (nSPS) is 10.7. The first-order chi connectivity index (χ1) is 8.56. The fourth-order valence-corrected chi connectivity index (χ4v) is 1.93. The van der Waals surface area contributed by atoms with E-state index in [1.165, 1.54) is 0 Å². The Bertz CT molecular complexity index is 371. The van der Waals surface area contributed by atoms with Gasteiger partial charge in [0.2, 0.25) is 5.91 Å². The van der Waals surface area contributed by atoms with E-state index >= 15 is 0 Å². The van der Waals surface area contributed by atoms with Gasteiger partial charge in [-0.3, -0.25) is 4.79 Å². The molecule has 0 fully saturated rings. The molecular weight excluding hydrogens is 224 g/mol. The van der Waals surface area contributed by atoms with E-state index in [1.807, 2.05) is 36.1 Å². The largest absolute Gasteiger partial charge is 0.342 e. The summed E-state index contributed by atoms with van der Waals surface area (Å²) in [6, 6.07) is 7.95. The van der Waals surface area contributed by atoms with Crippen molar-refractivity contribution in [2.24, 2.45) is 11.7 Å². The molecule has 0 aromatic heterocycles. The summed E-state index contributed by atoms with van der Waals surface area (Å²) in [5.41, 5.74) is 7.70. The molecule has 3 heteroatoms. The smallest absolute Gasteiger partial charge is 0.226 e. The number of likely N-dealkylation sites (N-methyl/N-ethyl adjacent to an activating group) is 1. The van der Waals surface area contributed by atoms with Crippen LogP contribution in [0.2, 0.25) is 0 Å². The zero-order valence-corrected chi connectivity index (χ0v) is 11.6. The maximum absolute atomic E-state index is 12.1. The first-order valence-electron chi connectivity index (χ1n) is 6.62. The highest BCUT2D eigenvalue weighted by Crippen LogP contribution is 2.07. The minimum atomic E-state index is 0.201. The zero-order chi connectivity index (χ0) is 13.5.